The smallest absolute Gasteiger partial charge is 0.252 e. The van der Waals surface area contributed by atoms with Gasteiger partial charge in [0, 0.05) is 6.20 Å². The zero-order valence-corrected chi connectivity index (χ0v) is 12.3. The van der Waals surface area contributed by atoms with E-state index in [1.54, 1.807) is 36.3 Å². The molecule has 0 aliphatic carbocycles. The van der Waals surface area contributed by atoms with Crippen molar-refractivity contribution >= 4 is 34.1 Å². The number of anilines is 1. The van der Waals surface area contributed by atoms with Crippen molar-refractivity contribution in [2.45, 2.75) is 25.8 Å². The van der Waals surface area contributed by atoms with Crippen molar-refractivity contribution < 1.29 is 9.59 Å². The summed E-state index contributed by atoms with van der Waals surface area (Å²) in [7, 11) is 0. The van der Waals surface area contributed by atoms with Gasteiger partial charge in [0.1, 0.15) is 16.4 Å². The van der Waals surface area contributed by atoms with Crippen LogP contribution in [0.2, 0.25) is 0 Å². The number of amides is 2. The summed E-state index contributed by atoms with van der Waals surface area (Å²) in [5, 5.41) is 11.6. The topological polar surface area (TPSA) is 87.5 Å². The van der Waals surface area contributed by atoms with Crippen molar-refractivity contribution in [2.24, 2.45) is 4.99 Å². The first-order valence-corrected chi connectivity index (χ1v) is 7.18. The summed E-state index contributed by atoms with van der Waals surface area (Å²) in [6.07, 6.45) is 7.04. The van der Waals surface area contributed by atoms with Gasteiger partial charge in [0.05, 0.1) is 6.42 Å². The molecule has 21 heavy (non-hydrogen) atoms. The number of allylic oxidation sites excluding steroid dienone is 2. The Bertz CT molecular complexity index is 705. The van der Waals surface area contributed by atoms with Crippen molar-refractivity contribution in [2.75, 3.05) is 5.32 Å². The van der Waals surface area contributed by atoms with Crippen molar-refractivity contribution in [3.05, 3.63) is 29.4 Å². The molecule has 0 aromatic carbocycles. The molecule has 1 unspecified atom stereocenters. The number of aromatic nitrogens is 2. The molecule has 2 aliphatic heterocycles. The lowest BCUT2D eigenvalue weighted by atomic mass is 9.91. The van der Waals surface area contributed by atoms with Gasteiger partial charge >= 0.3 is 0 Å². The van der Waals surface area contributed by atoms with E-state index in [2.05, 4.69) is 20.5 Å². The second-order valence-electron chi connectivity index (χ2n) is 4.97. The first-order valence-electron chi connectivity index (χ1n) is 6.36. The third kappa shape index (κ3) is 2.38. The van der Waals surface area contributed by atoms with E-state index in [0.29, 0.717) is 11.0 Å². The fourth-order valence-corrected chi connectivity index (χ4v) is 2.84. The highest BCUT2D eigenvalue weighted by atomic mass is 32.1. The largest absolute Gasteiger partial charge is 0.317 e. The number of hydrogen-bond donors (Lipinski definition) is 1. The quantitative estimate of drug-likeness (QED) is 0.888. The molecule has 3 heterocycles. The maximum Gasteiger partial charge on any atom is 0.252 e. The van der Waals surface area contributed by atoms with E-state index in [-0.39, 0.29) is 18.2 Å². The minimum atomic E-state index is -1.03. The highest BCUT2D eigenvalue weighted by Gasteiger charge is 2.45. The van der Waals surface area contributed by atoms with Crippen LogP contribution in [-0.4, -0.2) is 38.3 Å². The molecular weight excluding hydrogens is 290 g/mol. The van der Waals surface area contributed by atoms with Crippen LogP contribution in [0.3, 0.4) is 0 Å². The summed E-state index contributed by atoms with van der Waals surface area (Å²) in [6, 6.07) is 0. The van der Waals surface area contributed by atoms with Gasteiger partial charge in [-0.1, -0.05) is 17.4 Å². The molecule has 7 nitrogen and oxygen atoms in total. The van der Waals surface area contributed by atoms with Gasteiger partial charge in [-0.3, -0.25) is 14.9 Å². The summed E-state index contributed by atoms with van der Waals surface area (Å²) < 4.78 is 0. The molecule has 1 atom stereocenters. The van der Waals surface area contributed by atoms with Crippen LogP contribution < -0.4 is 5.32 Å². The molecule has 0 fully saturated rings. The van der Waals surface area contributed by atoms with E-state index in [1.165, 1.54) is 11.3 Å². The molecule has 8 heteroatoms. The standard InChI is InChI=1S/C13H13N5O2S/c1-8-16-17-12(21-8)15-11(20)13(2)7-10(19)14-9-5-3-4-6-18(9)13/h3-6H,7H2,1-2H3,(H,15,17,20). The first-order chi connectivity index (χ1) is 9.99. The van der Waals surface area contributed by atoms with Crippen LogP contribution in [0.4, 0.5) is 5.13 Å². The SMILES string of the molecule is Cc1nnc(NC(=O)C2(C)CC(=O)N=C3C=CC=CN32)s1. The number of hydrogen-bond acceptors (Lipinski definition) is 6. The number of carbonyl (C=O) groups is 2. The van der Waals surface area contributed by atoms with E-state index in [1.807, 2.05) is 6.92 Å². The molecule has 108 valence electrons. The number of amidine groups is 1. The second kappa shape index (κ2) is 4.88. The lowest BCUT2D eigenvalue weighted by molar-refractivity contribution is -0.130. The minimum Gasteiger partial charge on any atom is -0.317 e. The Morgan fingerprint density at radius 1 is 1.43 bits per heavy atom. The van der Waals surface area contributed by atoms with Gasteiger partial charge < -0.3 is 4.90 Å². The zero-order valence-electron chi connectivity index (χ0n) is 11.5. The molecule has 1 aromatic rings. The monoisotopic (exact) mass is 303 g/mol. The third-order valence-corrected chi connectivity index (χ3v) is 4.09. The van der Waals surface area contributed by atoms with Gasteiger partial charge in [-0.25, -0.2) is 0 Å². The van der Waals surface area contributed by atoms with Gasteiger partial charge in [-0.2, -0.15) is 4.99 Å². The number of nitrogens with one attached hydrogen (secondary N) is 1. The van der Waals surface area contributed by atoms with Gasteiger partial charge in [-0.15, -0.1) is 10.2 Å². The van der Waals surface area contributed by atoms with Gasteiger partial charge in [0.15, 0.2) is 0 Å². The van der Waals surface area contributed by atoms with Crippen molar-refractivity contribution in [1.29, 1.82) is 0 Å². The minimum absolute atomic E-state index is 0.0122. The fourth-order valence-electron chi connectivity index (χ4n) is 2.26. The number of fused-ring (bicyclic) bond motifs is 1. The average molecular weight is 303 g/mol. The lowest BCUT2D eigenvalue weighted by Gasteiger charge is -2.41. The Labute approximate surface area is 125 Å². The molecule has 0 saturated heterocycles. The van der Waals surface area contributed by atoms with Crippen LogP contribution in [-0.2, 0) is 9.59 Å². The van der Waals surface area contributed by atoms with E-state index < -0.39 is 5.54 Å². The second-order valence-corrected chi connectivity index (χ2v) is 6.15. The Kier molecular flexibility index (Phi) is 3.17. The molecule has 2 amide bonds. The van der Waals surface area contributed by atoms with Gasteiger partial charge in [0.2, 0.25) is 5.13 Å². The highest BCUT2D eigenvalue weighted by molar-refractivity contribution is 7.15. The number of carbonyl (C=O) groups excluding carboxylic acids is 2. The van der Waals surface area contributed by atoms with E-state index in [4.69, 9.17) is 0 Å². The van der Waals surface area contributed by atoms with Gasteiger partial charge in [0.25, 0.3) is 11.8 Å². The molecule has 2 aliphatic rings. The molecule has 3 rings (SSSR count). The summed E-state index contributed by atoms with van der Waals surface area (Å²) in [5.74, 6) is -0.147. The van der Waals surface area contributed by atoms with Crippen LogP contribution in [0.5, 0.6) is 0 Å². The van der Waals surface area contributed by atoms with Crippen molar-refractivity contribution in [3.8, 4) is 0 Å². The van der Waals surface area contributed by atoms with Gasteiger partial charge in [-0.05, 0) is 26.0 Å². The van der Waals surface area contributed by atoms with E-state index in [0.717, 1.165) is 5.01 Å². The first kappa shape index (κ1) is 13.6. The van der Waals surface area contributed by atoms with Crippen LogP contribution in [0.25, 0.3) is 0 Å². The molecule has 0 radical (unpaired) electrons. The Hall–Kier alpha value is -2.35. The molecule has 0 saturated carbocycles. The Morgan fingerprint density at radius 2 is 2.24 bits per heavy atom. The van der Waals surface area contributed by atoms with Crippen LogP contribution in [0.1, 0.15) is 18.4 Å². The third-order valence-electron chi connectivity index (χ3n) is 3.34. The number of rotatable bonds is 2. The van der Waals surface area contributed by atoms with Crippen LogP contribution >= 0.6 is 11.3 Å². The number of nitrogens with zero attached hydrogens (tertiary/aromatic N) is 4. The maximum atomic E-state index is 12.6. The fraction of sp³-hybridized carbons (Fsp3) is 0.308. The predicted octanol–water partition coefficient (Wildman–Crippen LogP) is 1.26. The predicted molar refractivity (Wildman–Crippen MR) is 78.9 cm³/mol. The molecule has 0 spiro atoms. The van der Waals surface area contributed by atoms with Crippen LogP contribution in [0, 0.1) is 6.92 Å². The number of aliphatic imine (C=N–C) groups is 1. The Balaban J connectivity index is 1.90. The van der Waals surface area contributed by atoms with E-state index in [9.17, 15) is 9.59 Å². The number of aryl methyl sites for hydroxylation is 1. The summed E-state index contributed by atoms with van der Waals surface area (Å²) >= 11 is 1.29. The Morgan fingerprint density at radius 3 is 2.95 bits per heavy atom. The van der Waals surface area contributed by atoms with Crippen molar-refractivity contribution in [3.63, 3.8) is 0 Å². The average Bonchev–Trinajstić information content (AvgIpc) is 2.84. The lowest BCUT2D eigenvalue weighted by Crippen LogP contribution is -2.58. The van der Waals surface area contributed by atoms with Crippen LogP contribution in [0.15, 0.2) is 29.4 Å². The van der Waals surface area contributed by atoms with Crippen molar-refractivity contribution in [1.82, 2.24) is 15.1 Å². The molecule has 1 aromatic heterocycles. The highest BCUT2D eigenvalue weighted by Crippen LogP contribution is 2.29. The summed E-state index contributed by atoms with van der Waals surface area (Å²) in [4.78, 5) is 30.1. The molecule has 0 bridgehead atoms. The maximum absolute atomic E-state index is 12.6. The molecule has 1 N–H and O–H groups in total. The zero-order chi connectivity index (χ0) is 15.0. The summed E-state index contributed by atoms with van der Waals surface area (Å²) in [6.45, 7) is 3.52. The molecular formula is C13H13N5O2S. The normalized spacial score (nSPS) is 23.8. The van der Waals surface area contributed by atoms with E-state index >= 15 is 0 Å². The summed E-state index contributed by atoms with van der Waals surface area (Å²) in [5.41, 5.74) is -1.03.